The molecule has 0 saturated heterocycles. The summed E-state index contributed by atoms with van der Waals surface area (Å²) >= 11 is 0. The van der Waals surface area contributed by atoms with Crippen molar-refractivity contribution in [2.45, 2.75) is 26.6 Å². The molecule has 1 heterocycles. The lowest BCUT2D eigenvalue weighted by Gasteiger charge is -2.10. The third-order valence-corrected chi connectivity index (χ3v) is 3.40. The van der Waals surface area contributed by atoms with Gasteiger partial charge < -0.3 is 10.1 Å². The minimum Gasteiger partial charge on any atom is -0.489 e. The summed E-state index contributed by atoms with van der Waals surface area (Å²) in [4.78, 5) is 0. The van der Waals surface area contributed by atoms with Gasteiger partial charge in [0.25, 0.3) is 0 Å². The van der Waals surface area contributed by atoms with Crippen LogP contribution in [0.1, 0.15) is 22.3 Å². The van der Waals surface area contributed by atoms with E-state index in [1.807, 2.05) is 12.1 Å². The Hall–Kier alpha value is -1.80. The van der Waals surface area contributed by atoms with Gasteiger partial charge in [0.15, 0.2) is 0 Å². The Morgan fingerprint density at radius 2 is 1.89 bits per heavy atom. The molecule has 0 radical (unpaired) electrons. The number of nitrogens with one attached hydrogen (secondary N) is 1. The second-order valence-electron chi connectivity index (χ2n) is 4.76. The van der Waals surface area contributed by atoms with Crippen LogP contribution in [0.25, 0.3) is 0 Å². The van der Waals surface area contributed by atoms with E-state index in [0.717, 1.165) is 18.8 Å². The molecule has 0 aliphatic carbocycles. The minimum absolute atomic E-state index is 0.647. The van der Waals surface area contributed by atoms with Gasteiger partial charge in [-0.2, -0.15) is 0 Å². The van der Waals surface area contributed by atoms with E-state index in [9.17, 15) is 0 Å². The fraction of sp³-hybridized carbons (Fsp3) is 0.250. The van der Waals surface area contributed by atoms with Crippen LogP contribution in [0.2, 0.25) is 0 Å². The van der Waals surface area contributed by atoms with Crippen LogP contribution in [0.5, 0.6) is 5.75 Å². The van der Waals surface area contributed by atoms with Gasteiger partial charge in [-0.3, -0.25) is 0 Å². The van der Waals surface area contributed by atoms with E-state index in [4.69, 9.17) is 4.74 Å². The lowest BCUT2D eigenvalue weighted by molar-refractivity contribution is 0.305. The van der Waals surface area contributed by atoms with E-state index < -0.39 is 0 Å². The van der Waals surface area contributed by atoms with Gasteiger partial charge in [-0.15, -0.1) is 0 Å². The normalized spacial score (nSPS) is 13.4. The molecular formula is C16H17NO. The lowest BCUT2D eigenvalue weighted by atomic mass is 10.0. The van der Waals surface area contributed by atoms with Gasteiger partial charge in [0.1, 0.15) is 12.4 Å². The Bertz CT molecular complexity index is 546. The highest BCUT2D eigenvalue weighted by atomic mass is 16.5. The van der Waals surface area contributed by atoms with Crippen LogP contribution in [-0.2, 0) is 19.7 Å². The first-order chi connectivity index (χ1) is 8.83. The molecule has 0 bridgehead atoms. The monoisotopic (exact) mass is 239 g/mol. The van der Waals surface area contributed by atoms with Crippen molar-refractivity contribution in [1.29, 1.82) is 0 Å². The molecule has 1 aliphatic heterocycles. The highest BCUT2D eigenvalue weighted by Gasteiger charge is 2.13. The van der Waals surface area contributed by atoms with E-state index in [0.29, 0.717) is 6.61 Å². The van der Waals surface area contributed by atoms with Crippen molar-refractivity contribution in [3.05, 3.63) is 64.7 Å². The van der Waals surface area contributed by atoms with E-state index >= 15 is 0 Å². The largest absolute Gasteiger partial charge is 0.489 e. The van der Waals surface area contributed by atoms with E-state index in [1.54, 1.807) is 0 Å². The molecule has 0 aromatic heterocycles. The quantitative estimate of drug-likeness (QED) is 0.888. The number of hydrogen-bond acceptors (Lipinski definition) is 2. The maximum atomic E-state index is 5.84. The van der Waals surface area contributed by atoms with Crippen LogP contribution in [0.15, 0.2) is 42.5 Å². The number of hydrogen-bond donors (Lipinski definition) is 1. The number of rotatable bonds is 3. The van der Waals surface area contributed by atoms with E-state index in [2.05, 4.69) is 42.6 Å². The summed E-state index contributed by atoms with van der Waals surface area (Å²) in [5, 5.41) is 3.38. The molecule has 0 atom stereocenters. The molecule has 2 nitrogen and oxygen atoms in total. The highest BCUT2D eigenvalue weighted by molar-refractivity contribution is 5.38. The molecule has 0 amide bonds. The summed E-state index contributed by atoms with van der Waals surface area (Å²) in [7, 11) is 0. The Labute approximate surface area is 108 Å². The lowest BCUT2D eigenvalue weighted by Crippen LogP contribution is -2.03. The van der Waals surface area contributed by atoms with Gasteiger partial charge in [-0.1, -0.05) is 35.9 Å². The van der Waals surface area contributed by atoms with Crippen LogP contribution in [-0.4, -0.2) is 0 Å². The molecule has 0 spiro atoms. The highest BCUT2D eigenvalue weighted by Crippen LogP contribution is 2.21. The fourth-order valence-electron chi connectivity index (χ4n) is 2.33. The molecule has 1 N–H and O–H groups in total. The molecule has 3 rings (SSSR count). The number of ether oxygens (including phenoxy) is 1. The van der Waals surface area contributed by atoms with Gasteiger partial charge in [-0.25, -0.2) is 0 Å². The third kappa shape index (κ3) is 2.24. The summed E-state index contributed by atoms with van der Waals surface area (Å²) < 4.78 is 5.84. The van der Waals surface area contributed by atoms with Crippen molar-refractivity contribution in [3.63, 3.8) is 0 Å². The number of fused-ring (bicyclic) bond motifs is 1. The smallest absolute Gasteiger partial charge is 0.119 e. The van der Waals surface area contributed by atoms with Crippen molar-refractivity contribution in [3.8, 4) is 5.75 Å². The van der Waals surface area contributed by atoms with Gasteiger partial charge in [0.2, 0.25) is 0 Å². The molecule has 2 aromatic rings. The zero-order chi connectivity index (χ0) is 12.4. The van der Waals surface area contributed by atoms with Crippen LogP contribution in [0, 0.1) is 6.92 Å². The predicted octanol–water partition coefficient (Wildman–Crippen LogP) is 3.18. The van der Waals surface area contributed by atoms with Crippen molar-refractivity contribution in [2.24, 2.45) is 0 Å². The zero-order valence-electron chi connectivity index (χ0n) is 10.6. The number of benzene rings is 2. The summed E-state index contributed by atoms with van der Waals surface area (Å²) in [6.45, 7) is 4.67. The molecule has 0 saturated carbocycles. The van der Waals surface area contributed by atoms with E-state index in [-0.39, 0.29) is 0 Å². The molecule has 0 unspecified atom stereocenters. The van der Waals surface area contributed by atoms with Crippen molar-refractivity contribution in [2.75, 3.05) is 0 Å². The van der Waals surface area contributed by atoms with Crippen LogP contribution in [0.3, 0.4) is 0 Å². The summed E-state index contributed by atoms with van der Waals surface area (Å²) in [6.07, 6.45) is 0. The Kier molecular flexibility index (Phi) is 3.03. The first-order valence-corrected chi connectivity index (χ1v) is 6.33. The van der Waals surface area contributed by atoms with Gasteiger partial charge in [0.05, 0.1) is 0 Å². The maximum absolute atomic E-state index is 5.84. The summed E-state index contributed by atoms with van der Waals surface area (Å²) in [5.74, 6) is 0.934. The van der Waals surface area contributed by atoms with Crippen LogP contribution >= 0.6 is 0 Å². The second kappa shape index (κ2) is 4.83. The van der Waals surface area contributed by atoms with Gasteiger partial charge in [0, 0.05) is 13.1 Å². The SMILES string of the molecule is Cc1ccc(OCc2cccc3c2CNC3)cc1. The van der Waals surface area contributed by atoms with Crippen molar-refractivity contribution < 1.29 is 4.74 Å². The van der Waals surface area contributed by atoms with Crippen molar-refractivity contribution in [1.82, 2.24) is 5.32 Å². The standard InChI is InChI=1S/C16H17NO/c1-12-5-7-15(8-6-12)18-11-14-4-2-3-13-9-17-10-16(13)14/h2-8,17H,9-11H2,1H3. The molecular weight excluding hydrogens is 222 g/mol. The average Bonchev–Trinajstić information content (AvgIpc) is 2.87. The predicted molar refractivity (Wildman–Crippen MR) is 72.5 cm³/mol. The Morgan fingerprint density at radius 1 is 1.06 bits per heavy atom. The molecule has 2 heteroatoms. The maximum Gasteiger partial charge on any atom is 0.119 e. The molecule has 1 aliphatic rings. The van der Waals surface area contributed by atoms with Crippen molar-refractivity contribution >= 4 is 0 Å². The first-order valence-electron chi connectivity index (χ1n) is 6.33. The van der Waals surface area contributed by atoms with Crippen LogP contribution in [0.4, 0.5) is 0 Å². The third-order valence-electron chi connectivity index (χ3n) is 3.40. The number of aryl methyl sites for hydroxylation is 1. The summed E-state index contributed by atoms with van der Waals surface area (Å²) in [5.41, 5.74) is 5.36. The molecule has 18 heavy (non-hydrogen) atoms. The molecule has 0 fully saturated rings. The van der Waals surface area contributed by atoms with Gasteiger partial charge >= 0.3 is 0 Å². The Morgan fingerprint density at radius 3 is 2.72 bits per heavy atom. The fourth-order valence-corrected chi connectivity index (χ4v) is 2.33. The minimum atomic E-state index is 0.647. The molecule has 2 aromatic carbocycles. The topological polar surface area (TPSA) is 21.3 Å². The Balaban J connectivity index is 1.74. The molecule has 92 valence electrons. The zero-order valence-corrected chi connectivity index (χ0v) is 10.6. The average molecular weight is 239 g/mol. The van der Waals surface area contributed by atoms with E-state index in [1.165, 1.54) is 22.3 Å². The summed E-state index contributed by atoms with van der Waals surface area (Å²) in [6, 6.07) is 14.6. The van der Waals surface area contributed by atoms with Gasteiger partial charge in [-0.05, 0) is 35.7 Å². The first kappa shape index (κ1) is 11.3. The van der Waals surface area contributed by atoms with Crippen LogP contribution < -0.4 is 10.1 Å². The second-order valence-corrected chi connectivity index (χ2v) is 4.76.